The third-order valence-electron chi connectivity index (χ3n) is 4.10. The van der Waals surface area contributed by atoms with Crippen LogP contribution in [-0.2, 0) is 4.74 Å². The average Bonchev–Trinajstić information content (AvgIpc) is 2.45. The molecule has 100 valence electrons. The molecular formula is C14H16FN3O. The van der Waals surface area contributed by atoms with Crippen molar-refractivity contribution in [1.82, 2.24) is 0 Å². The molecule has 1 aromatic carbocycles. The highest BCUT2D eigenvalue weighted by Crippen LogP contribution is 2.38. The van der Waals surface area contributed by atoms with Gasteiger partial charge in [0.05, 0.1) is 29.5 Å². The Labute approximate surface area is 111 Å². The zero-order chi connectivity index (χ0) is 13.4. The molecule has 2 aliphatic rings. The van der Waals surface area contributed by atoms with Gasteiger partial charge in [-0.3, -0.25) is 0 Å². The van der Waals surface area contributed by atoms with Crippen LogP contribution in [0.2, 0.25) is 0 Å². The van der Waals surface area contributed by atoms with Gasteiger partial charge in [-0.25, -0.2) is 4.39 Å². The van der Waals surface area contributed by atoms with Crippen LogP contribution >= 0.6 is 0 Å². The zero-order valence-corrected chi connectivity index (χ0v) is 10.5. The normalized spacial score (nSPS) is 32.9. The average molecular weight is 261 g/mol. The van der Waals surface area contributed by atoms with E-state index in [-0.39, 0.29) is 18.2 Å². The van der Waals surface area contributed by atoms with Crippen molar-refractivity contribution in [3.63, 3.8) is 0 Å². The second-order valence-electron chi connectivity index (χ2n) is 5.20. The van der Waals surface area contributed by atoms with Crippen LogP contribution in [0.3, 0.4) is 0 Å². The topological polar surface area (TPSA) is 71.1 Å². The molecule has 2 fully saturated rings. The fourth-order valence-electron chi connectivity index (χ4n) is 3.01. The highest BCUT2D eigenvalue weighted by atomic mass is 19.1. The highest BCUT2D eigenvalue weighted by Gasteiger charge is 2.50. The van der Waals surface area contributed by atoms with Gasteiger partial charge in [-0.05, 0) is 31.0 Å². The summed E-state index contributed by atoms with van der Waals surface area (Å²) in [4.78, 5) is 0. The first-order valence-electron chi connectivity index (χ1n) is 6.54. The molecule has 4 nitrogen and oxygen atoms in total. The maximum atomic E-state index is 13.8. The molecule has 1 saturated carbocycles. The number of hydrogen-bond donors (Lipinski definition) is 2. The van der Waals surface area contributed by atoms with E-state index in [1.807, 2.05) is 6.07 Å². The van der Waals surface area contributed by atoms with Crippen molar-refractivity contribution in [2.45, 2.75) is 31.0 Å². The number of benzene rings is 1. The van der Waals surface area contributed by atoms with E-state index in [1.165, 1.54) is 6.07 Å². The third kappa shape index (κ3) is 2.07. The van der Waals surface area contributed by atoms with Crippen molar-refractivity contribution in [2.24, 2.45) is 11.7 Å². The molecule has 4 atom stereocenters. The first kappa shape index (κ1) is 12.4. The molecular weight excluding hydrogens is 245 g/mol. The molecule has 3 N–H and O–H groups in total. The molecule has 0 amide bonds. The Morgan fingerprint density at radius 2 is 2.32 bits per heavy atom. The molecule has 19 heavy (non-hydrogen) atoms. The summed E-state index contributed by atoms with van der Waals surface area (Å²) in [5, 5.41) is 11.8. The monoisotopic (exact) mass is 261 g/mol. The molecule has 5 heteroatoms. The molecule has 0 spiro atoms. The number of rotatable bonds is 2. The Balaban J connectivity index is 1.73. The van der Waals surface area contributed by atoms with Crippen LogP contribution in [0.4, 0.5) is 10.1 Å². The predicted molar refractivity (Wildman–Crippen MR) is 69.0 cm³/mol. The summed E-state index contributed by atoms with van der Waals surface area (Å²) >= 11 is 0. The number of anilines is 1. The van der Waals surface area contributed by atoms with E-state index < -0.39 is 5.82 Å². The predicted octanol–water partition coefficient (Wildman–Crippen LogP) is 1.61. The first-order valence-corrected chi connectivity index (χ1v) is 6.54. The number of halogens is 1. The van der Waals surface area contributed by atoms with Gasteiger partial charge < -0.3 is 15.8 Å². The molecule has 0 bridgehead atoms. The largest absolute Gasteiger partial charge is 0.376 e. The number of nitrogens with one attached hydrogen (secondary N) is 1. The Kier molecular flexibility index (Phi) is 3.13. The van der Waals surface area contributed by atoms with Gasteiger partial charge in [0.25, 0.3) is 0 Å². The first-order chi connectivity index (χ1) is 9.20. The van der Waals surface area contributed by atoms with Crippen LogP contribution in [0.1, 0.15) is 18.4 Å². The Hall–Kier alpha value is -1.64. The molecule has 0 aromatic heterocycles. The van der Waals surface area contributed by atoms with Crippen molar-refractivity contribution in [3.05, 3.63) is 29.6 Å². The number of nitrogens with two attached hydrogens (primary N) is 1. The number of ether oxygens (including phenoxy) is 1. The molecule has 1 aliphatic carbocycles. The number of fused-ring (bicyclic) bond motifs is 1. The number of nitriles is 1. The van der Waals surface area contributed by atoms with Gasteiger partial charge in [-0.15, -0.1) is 0 Å². The SMILES string of the molecule is N#Cc1ccc(NC2C(N)C3CCCOC32)c(F)c1. The van der Waals surface area contributed by atoms with E-state index in [1.54, 1.807) is 12.1 Å². The highest BCUT2D eigenvalue weighted by molar-refractivity contribution is 5.50. The number of hydrogen-bond acceptors (Lipinski definition) is 4. The minimum atomic E-state index is -0.425. The van der Waals surface area contributed by atoms with E-state index in [0.29, 0.717) is 17.2 Å². The van der Waals surface area contributed by atoms with Gasteiger partial charge in [-0.1, -0.05) is 0 Å². The second kappa shape index (κ2) is 4.80. The van der Waals surface area contributed by atoms with Crippen molar-refractivity contribution >= 4 is 5.69 Å². The van der Waals surface area contributed by atoms with Crippen molar-refractivity contribution < 1.29 is 9.13 Å². The van der Waals surface area contributed by atoms with E-state index in [2.05, 4.69) is 5.32 Å². The minimum Gasteiger partial charge on any atom is -0.376 e. The second-order valence-corrected chi connectivity index (χ2v) is 5.20. The van der Waals surface area contributed by atoms with Gasteiger partial charge in [0.2, 0.25) is 0 Å². The quantitative estimate of drug-likeness (QED) is 0.848. The fourth-order valence-corrected chi connectivity index (χ4v) is 3.01. The van der Waals surface area contributed by atoms with Crippen LogP contribution in [0.25, 0.3) is 0 Å². The lowest BCUT2D eigenvalue weighted by Gasteiger charge is -2.52. The lowest BCUT2D eigenvalue weighted by molar-refractivity contribution is -0.104. The smallest absolute Gasteiger partial charge is 0.147 e. The van der Waals surface area contributed by atoms with Crippen LogP contribution in [0, 0.1) is 23.1 Å². The van der Waals surface area contributed by atoms with Gasteiger partial charge in [-0.2, -0.15) is 5.26 Å². The molecule has 4 unspecified atom stereocenters. The van der Waals surface area contributed by atoms with Crippen molar-refractivity contribution in [3.8, 4) is 6.07 Å². The lowest BCUT2D eigenvalue weighted by atomic mass is 9.68. The van der Waals surface area contributed by atoms with Crippen molar-refractivity contribution in [1.29, 1.82) is 5.26 Å². The van der Waals surface area contributed by atoms with E-state index in [0.717, 1.165) is 19.4 Å². The molecule has 1 heterocycles. The van der Waals surface area contributed by atoms with E-state index >= 15 is 0 Å². The van der Waals surface area contributed by atoms with E-state index in [4.69, 9.17) is 15.7 Å². The minimum absolute atomic E-state index is 0.000318. The van der Waals surface area contributed by atoms with Crippen molar-refractivity contribution in [2.75, 3.05) is 11.9 Å². The third-order valence-corrected chi connectivity index (χ3v) is 4.10. The summed E-state index contributed by atoms with van der Waals surface area (Å²) in [6, 6.07) is 6.27. The molecule has 1 aromatic rings. The van der Waals surface area contributed by atoms with Crippen LogP contribution in [0.5, 0.6) is 0 Å². The molecule has 1 aliphatic heterocycles. The Morgan fingerprint density at radius 3 is 3.05 bits per heavy atom. The van der Waals surface area contributed by atoms with Crippen LogP contribution < -0.4 is 11.1 Å². The summed E-state index contributed by atoms with van der Waals surface area (Å²) in [6.45, 7) is 0.752. The van der Waals surface area contributed by atoms with Gasteiger partial charge in [0.1, 0.15) is 5.82 Å². The summed E-state index contributed by atoms with van der Waals surface area (Å²) in [6.07, 6.45) is 2.21. The standard InChI is InChI=1S/C14H16FN3O/c15-10-6-8(7-16)3-4-11(10)18-13-12(17)9-2-1-5-19-14(9)13/h3-4,6,9,12-14,18H,1-2,5,17H2. The van der Waals surface area contributed by atoms with Gasteiger partial charge in [0.15, 0.2) is 0 Å². The van der Waals surface area contributed by atoms with Gasteiger partial charge in [0, 0.05) is 18.6 Å². The fraction of sp³-hybridized carbons (Fsp3) is 0.500. The summed E-state index contributed by atoms with van der Waals surface area (Å²) in [7, 11) is 0. The van der Waals surface area contributed by atoms with Gasteiger partial charge >= 0.3 is 0 Å². The maximum Gasteiger partial charge on any atom is 0.147 e. The van der Waals surface area contributed by atoms with Crippen LogP contribution in [0.15, 0.2) is 18.2 Å². The number of nitrogens with zero attached hydrogens (tertiary/aromatic N) is 1. The van der Waals surface area contributed by atoms with E-state index in [9.17, 15) is 4.39 Å². The lowest BCUT2D eigenvalue weighted by Crippen LogP contribution is -2.69. The molecule has 3 rings (SSSR count). The Morgan fingerprint density at radius 1 is 1.47 bits per heavy atom. The summed E-state index contributed by atoms with van der Waals surface area (Å²) in [5.41, 5.74) is 6.81. The summed E-state index contributed by atoms with van der Waals surface area (Å²) in [5.74, 6) is -0.0433. The molecule has 1 saturated heterocycles. The maximum absolute atomic E-state index is 13.8. The Bertz CT molecular complexity index is 528. The molecule has 0 radical (unpaired) electrons. The summed E-state index contributed by atoms with van der Waals surface area (Å²) < 4.78 is 19.5. The van der Waals surface area contributed by atoms with Crippen LogP contribution in [-0.4, -0.2) is 24.8 Å². The zero-order valence-electron chi connectivity index (χ0n) is 10.5.